The molecule has 1 N–H and O–H groups in total. The molecule has 0 atom stereocenters. The van der Waals surface area contributed by atoms with Gasteiger partial charge in [-0.3, -0.25) is 0 Å². The number of benzene rings is 1. The summed E-state index contributed by atoms with van der Waals surface area (Å²) in [5, 5.41) is 12.3. The maximum absolute atomic E-state index is 13.0. The zero-order valence-corrected chi connectivity index (χ0v) is 11.7. The summed E-state index contributed by atoms with van der Waals surface area (Å²) in [7, 11) is 0. The van der Waals surface area contributed by atoms with Crippen molar-refractivity contribution in [1.82, 2.24) is 4.98 Å². The summed E-state index contributed by atoms with van der Waals surface area (Å²) in [4.78, 5) is 4.53. The van der Waals surface area contributed by atoms with E-state index in [4.69, 9.17) is 0 Å². The number of halogens is 1. The van der Waals surface area contributed by atoms with Crippen molar-refractivity contribution in [2.24, 2.45) is 0 Å². The molecule has 3 nitrogen and oxygen atoms in total. The van der Waals surface area contributed by atoms with Crippen molar-refractivity contribution in [1.29, 1.82) is 5.26 Å². The van der Waals surface area contributed by atoms with Gasteiger partial charge in [0.05, 0.1) is 11.3 Å². The zero-order chi connectivity index (χ0) is 14.7. The van der Waals surface area contributed by atoms with Gasteiger partial charge in [0.25, 0.3) is 0 Å². The predicted molar refractivity (Wildman–Crippen MR) is 77.8 cm³/mol. The number of hydrogen-bond acceptors (Lipinski definition) is 3. The second-order valence-corrected chi connectivity index (χ2v) is 4.97. The van der Waals surface area contributed by atoms with Gasteiger partial charge in [-0.15, -0.1) is 0 Å². The third kappa shape index (κ3) is 2.94. The maximum atomic E-state index is 13.0. The van der Waals surface area contributed by atoms with Crippen molar-refractivity contribution in [2.45, 2.75) is 26.8 Å². The van der Waals surface area contributed by atoms with Crippen LogP contribution >= 0.6 is 0 Å². The van der Waals surface area contributed by atoms with E-state index in [9.17, 15) is 9.65 Å². The van der Waals surface area contributed by atoms with Crippen LogP contribution < -0.4 is 5.32 Å². The SMILES string of the molecule is Cc1cc(C#N)c(NC(C)C)nc1-c1ccc(F)cc1. The summed E-state index contributed by atoms with van der Waals surface area (Å²) < 4.78 is 13.0. The molecule has 2 aromatic rings. The Morgan fingerprint density at radius 1 is 1.25 bits per heavy atom. The topological polar surface area (TPSA) is 48.7 Å². The van der Waals surface area contributed by atoms with E-state index in [1.165, 1.54) is 12.1 Å². The van der Waals surface area contributed by atoms with Crippen LogP contribution in [-0.4, -0.2) is 11.0 Å². The molecule has 0 saturated carbocycles. The van der Waals surface area contributed by atoms with E-state index < -0.39 is 0 Å². The molecule has 1 aromatic carbocycles. The Labute approximate surface area is 118 Å². The molecule has 1 heterocycles. The standard InChI is InChI=1S/C16H16FN3/c1-10(2)19-16-13(9-18)8-11(3)15(20-16)12-4-6-14(17)7-5-12/h4-8,10H,1-3H3,(H,19,20). The highest BCUT2D eigenvalue weighted by Crippen LogP contribution is 2.26. The molecule has 0 amide bonds. The molecule has 0 fully saturated rings. The van der Waals surface area contributed by atoms with Gasteiger partial charge in [0, 0.05) is 11.6 Å². The maximum Gasteiger partial charge on any atom is 0.144 e. The Morgan fingerprint density at radius 3 is 2.45 bits per heavy atom. The first kappa shape index (κ1) is 14.0. The highest BCUT2D eigenvalue weighted by Gasteiger charge is 2.11. The van der Waals surface area contributed by atoms with Crippen LogP contribution in [0.3, 0.4) is 0 Å². The van der Waals surface area contributed by atoms with Gasteiger partial charge in [-0.1, -0.05) is 0 Å². The van der Waals surface area contributed by atoms with Gasteiger partial charge in [0.1, 0.15) is 17.7 Å². The van der Waals surface area contributed by atoms with Crippen LogP contribution in [0.2, 0.25) is 0 Å². The van der Waals surface area contributed by atoms with Crippen LogP contribution in [0.5, 0.6) is 0 Å². The highest BCUT2D eigenvalue weighted by atomic mass is 19.1. The molecule has 4 heteroatoms. The van der Waals surface area contributed by atoms with Crippen molar-refractivity contribution >= 4 is 5.82 Å². The Morgan fingerprint density at radius 2 is 1.90 bits per heavy atom. The van der Waals surface area contributed by atoms with Gasteiger partial charge in [0.2, 0.25) is 0 Å². The van der Waals surface area contributed by atoms with Crippen molar-refractivity contribution in [3.8, 4) is 17.3 Å². The Kier molecular flexibility index (Phi) is 3.99. The first-order chi connectivity index (χ1) is 9.51. The fraction of sp³-hybridized carbons (Fsp3) is 0.250. The number of aryl methyl sites for hydroxylation is 1. The number of aromatic nitrogens is 1. The highest BCUT2D eigenvalue weighted by molar-refractivity contribution is 5.68. The Bertz CT molecular complexity index is 655. The molecule has 0 aliphatic rings. The molecular formula is C16H16FN3. The van der Waals surface area contributed by atoms with E-state index in [0.717, 1.165) is 16.8 Å². The van der Waals surface area contributed by atoms with Crippen molar-refractivity contribution < 1.29 is 4.39 Å². The third-order valence-corrected chi connectivity index (χ3v) is 2.88. The number of anilines is 1. The third-order valence-electron chi connectivity index (χ3n) is 2.88. The van der Waals surface area contributed by atoms with Crippen molar-refractivity contribution in [3.05, 3.63) is 47.3 Å². The van der Waals surface area contributed by atoms with Gasteiger partial charge < -0.3 is 5.32 Å². The smallest absolute Gasteiger partial charge is 0.144 e. The van der Waals surface area contributed by atoms with Crippen LogP contribution in [0.25, 0.3) is 11.3 Å². The van der Waals surface area contributed by atoms with E-state index in [1.54, 1.807) is 18.2 Å². The van der Waals surface area contributed by atoms with E-state index in [1.807, 2.05) is 20.8 Å². The normalized spacial score (nSPS) is 10.4. The molecular weight excluding hydrogens is 253 g/mol. The fourth-order valence-corrected chi connectivity index (χ4v) is 1.98. The summed E-state index contributed by atoms with van der Waals surface area (Å²) in [5.41, 5.74) is 3.00. The summed E-state index contributed by atoms with van der Waals surface area (Å²) in [6.07, 6.45) is 0. The number of nitrogens with one attached hydrogen (secondary N) is 1. The molecule has 0 saturated heterocycles. The number of hydrogen-bond donors (Lipinski definition) is 1. The number of rotatable bonds is 3. The quantitative estimate of drug-likeness (QED) is 0.919. The summed E-state index contributed by atoms with van der Waals surface area (Å²) >= 11 is 0. The van der Waals surface area contributed by atoms with E-state index in [0.29, 0.717) is 11.4 Å². The van der Waals surface area contributed by atoms with Gasteiger partial charge in [-0.2, -0.15) is 5.26 Å². The molecule has 0 spiro atoms. The molecule has 102 valence electrons. The number of nitrogens with zero attached hydrogens (tertiary/aromatic N) is 2. The average molecular weight is 269 g/mol. The lowest BCUT2D eigenvalue weighted by Gasteiger charge is -2.14. The largest absolute Gasteiger partial charge is 0.367 e. The van der Waals surface area contributed by atoms with Gasteiger partial charge in [0.15, 0.2) is 0 Å². The van der Waals surface area contributed by atoms with Crippen LogP contribution in [0.4, 0.5) is 10.2 Å². The Balaban J connectivity index is 2.53. The first-order valence-corrected chi connectivity index (χ1v) is 6.45. The minimum Gasteiger partial charge on any atom is -0.367 e. The molecule has 0 aliphatic heterocycles. The monoisotopic (exact) mass is 269 g/mol. The van der Waals surface area contributed by atoms with Gasteiger partial charge in [-0.25, -0.2) is 9.37 Å². The van der Waals surface area contributed by atoms with E-state index >= 15 is 0 Å². The summed E-state index contributed by atoms with van der Waals surface area (Å²) in [6, 6.07) is 10.3. The summed E-state index contributed by atoms with van der Waals surface area (Å²) in [6.45, 7) is 5.87. The van der Waals surface area contributed by atoms with E-state index in [2.05, 4.69) is 16.4 Å². The Hall–Kier alpha value is -2.41. The van der Waals surface area contributed by atoms with E-state index in [-0.39, 0.29) is 11.9 Å². The second-order valence-electron chi connectivity index (χ2n) is 4.97. The predicted octanol–water partition coefficient (Wildman–Crippen LogP) is 3.89. The van der Waals surface area contributed by atoms with Gasteiger partial charge in [-0.05, 0) is 56.7 Å². The molecule has 20 heavy (non-hydrogen) atoms. The van der Waals surface area contributed by atoms with Crippen LogP contribution in [-0.2, 0) is 0 Å². The number of pyridine rings is 1. The lowest BCUT2D eigenvalue weighted by molar-refractivity contribution is 0.628. The molecule has 0 bridgehead atoms. The fourth-order valence-electron chi connectivity index (χ4n) is 1.98. The number of nitriles is 1. The van der Waals surface area contributed by atoms with Gasteiger partial charge >= 0.3 is 0 Å². The lowest BCUT2D eigenvalue weighted by atomic mass is 10.0. The molecule has 2 rings (SSSR count). The van der Waals surface area contributed by atoms with Crippen molar-refractivity contribution in [3.63, 3.8) is 0 Å². The zero-order valence-electron chi connectivity index (χ0n) is 11.7. The first-order valence-electron chi connectivity index (χ1n) is 6.45. The van der Waals surface area contributed by atoms with Crippen molar-refractivity contribution in [2.75, 3.05) is 5.32 Å². The molecule has 0 aliphatic carbocycles. The van der Waals surface area contributed by atoms with Crippen LogP contribution in [0.15, 0.2) is 30.3 Å². The molecule has 0 unspecified atom stereocenters. The average Bonchev–Trinajstić information content (AvgIpc) is 2.41. The molecule has 1 aromatic heterocycles. The van der Waals surface area contributed by atoms with Crippen LogP contribution in [0, 0.1) is 24.1 Å². The lowest BCUT2D eigenvalue weighted by Crippen LogP contribution is -2.13. The summed E-state index contributed by atoms with van der Waals surface area (Å²) in [5.74, 6) is 0.285. The minimum atomic E-state index is -0.277. The minimum absolute atomic E-state index is 0.179. The second kappa shape index (κ2) is 5.70. The van der Waals surface area contributed by atoms with Crippen LogP contribution in [0.1, 0.15) is 25.0 Å². The molecule has 0 radical (unpaired) electrons.